The number of carbonyl (C=O) groups is 1. The van der Waals surface area contributed by atoms with E-state index in [1.165, 1.54) is 12.1 Å². The summed E-state index contributed by atoms with van der Waals surface area (Å²) in [6.45, 7) is 2.39. The van der Waals surface area contributed by atoms with Crippen LogP contribution in [-0.4, -0.2) is 27.6 Å². The standard InChI is InChI=1S/C25H21N3O5/c1-2-33-25(30)17-5-9-19(10-6-17)27-15-18-7-11-20(28(31)32)14-22(18)21-12-8-16-4-3-13-26-23(16)24(21)29/h3-14,27,29H,2,15H2,1H3. The Morgan fingerprint density at radius 2 is 1.88 bits per heavy atom. The number of esters is 1. The summed E-state index contributed by atoms with van der Waals surface area (Å²) in [6, 6.07) is 18.6. The fourth-order valence-electron chi connectivity index (χ4n) is 3.57. The minimum atomic E-state index is -0.467. The summed E-state index contributed by atoms with van der Waals surface area (Å²) in [6.07, 6.45) is 1.59. The van der Waals surface area contributed by atoms with Crippen LogP contribution in [0.25, 0.3) is 22.0 Å². The molecule has 1 aromatic heterocycles. The second-order valence-electron chi connectivity index (χ2n) is 7.29. The van der Waals surface area contributed by atoms with Crippen LogP contribution in [0.1, 0.15) is 22.8 Å². The lowest BCUT2D eigenvalue weighted by Crippen LogP contribution is -2.05. The third-order valence-corrected chi connectivity index (χ3v) is 5.22. The van der Waals surface area contributed by atoms with Crippen molar-refractivity contribution < 1.29 is 19.6 Å². The molecule has 4 aromatic rings. The highest BCUT2D eigenvalue weighted by molar-refractivity contribution is 5.93. The van der Waals surface area contributed by atoms with E-state index in [0.717, 1.165) is 16.6 Å². The minimum absolute atomic E-state index is 0.0337. The van der Waals surface area contributed by atoms with Gasteiger partial charge in [0.05, 0.1) is 17.1 Å². The lowest BCUT2D eigenvalue weighted by molar-refractivity contribution is -0.384. The van der Waals surface area contributed by atoms with Crippen molar-refractivity contribution in [2.24, 2.45) is 0 Å². The maximum absolute atomic E-state index is 11.8. The van der Waals surface area contributed by atoms with Crippen molar-refractivity contribution in [1.82, 2.24) is 4.98 Å². The highest BCUT2D eigenvalue weighted by atomic mass is 16.6. The zero-order valence-corrected chi connectivity index (χ0v) is 17.8. The van der Waals surface area contributed by atoms with Gasteiger partial charge in [0.2, 0.25) is 0 Å². The lowest BCUT2D eigenvalue weighted by atomic mass is 9.96. The molecular weight excluding hydrogens is 422 g/mol. The Hall–Kier alpha value is -4.46. The van der Waals surface area contributed by atoms with E-state index in [4.69, 9.17) is 4.74 Å². The van der Waals surface area contributed by atoms with E-state index in [1.807, 2.05) is 12.1 Å². The molecule has 0 aliphatic rings. The largest absolute Gasteiger partial charge is 0.505 e. The first-order chi connectivity index (χ1) is 16.0. The molecule has 33 heavy (non-hydrogen) atoms. The van der Waals surface area contributed by atoms with E-state index in [0.29, 0.717) is 35.4 Å². The van der Waals surface area contributed by atoms with Crippen LogP contribution >= 0.6 is 0 Å². The predicted molar refractivity (Wildman–Crippen MR) is 125 cm³/mol. The number of hydrogen-bond donors (Lipinski definition) is 2. The molecule has 0 bridgehead atoms. The van der Waals surface area contributed by atoms with E-state index in [-0.39, 0.29) is 17.4 Å². The first-order valence-corrected chi connectivity index (χ1v) is 10.3. The Morgan fingerprint density at radius 3 is 2.61 bits per heavy atom. The van der Waals surface area contributed by atoms with Gasteiger partial charge in [-0.05, 0) is 60.5 Å². The fraction of sp³-hybridized carbons (Fsp3) is 0.120. The Bertz CT molecular complexity index is 1340. The van der Waals surface area contributed by atoms with Gasteiger partial charge in [-0.1, -0.05) is 12.1 Å². The van der Waals surface area contributed by atoms with E-state index in [2.05, 4.69) is 10.3 Å². The molecule has 2 N–H and O–H groups in total. The number of nitro benzene ring substituents is 1. The number of carbonyl (C=O) groups excluding carboxylic acids is 1. The molecule has 3 aromatic carbocycles. The average molecular weight is 443 g/mol. The summed E-state index contributed by atoms with van der Waals surface area (Å²) in [7, 11) is 0. The highest BCUT2D eigenvalue weighted by Crippen LogP contribution is 2.38. The van der Waals surface area contributed by atoms with Crippen molar-refractivity contribution in [2.75, 3.05) is 11.9 Å². The molecule has 0 amide bonds. The smallest absolute Gasteiger partial charge is 0.338 e. The third kappa shape index (κ3) is 4.59. The summed E-state index contributed by atoms with van der Waals surface area (Å²) >= 11 is 0. The van der Waals surface area contributed by atoms with Crippen LogP contribution in [-0.2, 0) is 11.3 Å². The van der Waals surface area contributed by atoms with Crippen LogP contribution in [0.5, 0.6) is 5.75 Å². The van der Waals surface area contributed by atoms with E-state index < -0.39 is 4.92 Å². The summed E-state index contributed by atoms with van der Waals surface area (Å²) in [5.74, 6) is -0.421. The van der Waals surface area contributed by atoms with Gasteiger partial charge in [-0.15, -0.1) is 0 Å². The van der Waals surface area contributed by atoms with Crippen LogP contribution in [0.2, 0.25) is 0 Å². The van der Waals surface area contributed by atoms with E-state index in [9.17, 15) is 20.0 Å². The van der Waals surface area contributed by atoms with Gasteiger partial charge in [0.15, 0.2) is 0 Å². The molecule has 0 fully saturated rings. The van der Waals surface area contributed by atoms with Crippen molar-refractivity contribution in [3.8, 4) is 16.9 Å². The Kier molecular flexibility index (Phi) is 6.17. The fourth-order valence-corrected chi connectivity index (χ4v) is 3.57. The predicted octanol–water partition coefficient (Wildman–Crippen LogP) is 5.30. The van der Waals surface area contributed by atoms with Crippen molar-refractivity contribution in [2.45, 2.75) is 13.5 Å². The van der Waals surface area contributed by atoms with Crippen LogP contribution in [0, 0.1) is 10.1 Å². The molecule has 8 heteroatoms. The van der Waals surface area contributed by atoms with Gasteiger partial charge in [-0.3, -0.25) is 15.1 Å². The second-order valence-corrected chi connectivity index (χ2v) is 7.29. The number of nitro groups is 1. The van der Waals surface area contributed by atoms with Crippen LogP contribution in [0.4, 0.5) is 11.4 Å². The van der Waals surface area contributed by atoms with Crippen LogP contribution < -0.4 is 5.32 Å². The quantitative estimate of drug-likeness (QED) is 0.226. The number of aromatic hydroxyl groups is 1. The van der Waals surface area contributed by atoms with Gasteiger partial charge in [0.25, 0.3) is 5.69 Å². The normalized spacial score (nSPS) is 10.7. The summed E-state index contributed by atoms with van der Waals surface area (Å²) in [5, 5.41) is 26.3. The molecule has 0 spiro atoms. The number of nitrogens with one attached hydrogen (secondary N) is 1. The number of phenols is 1. The number of non-ortho nitro benzene ring substituents is 1. The SMILES string of the molecule is CCOC(=O)c1ccc(NCc2ccc([N+](=O)[O-])cc2-c2ccc3cccnc3c2O)cc1. The molecule has 4 rings (SSSR count). The van der Waals surface area contributed by atoms with Crippen LogP contribution in [0.15, 0.2) is 72.9 Å². The van der Waals surface area contributed by atoms with Gasteiger partial charge < -0.3 is 15.2 Å². The van der Waals surface area contributed by atoms with E-state index in [1.54, 1.807) is 55.6 Å². The van der Waals surface area contributed by atoms with Crippen LogP contribution in [0.3, 0.4) is 0 Å². The number of anilines is 1. The number of aromatic nitrogens is 1. The van der Waals surface area contributed by atoms with Gasteiger partial charge in [-0.2, -0.15) is 0 Å². The number of nitrogens with zero attached hydrogens (tertiary/aromatic N) is 2. The lowest BCUT2D eigenvalue weighted by Gasteiger charge is -2.14. The molecule has 0 saturated heterocycles. The number of phenolic OH excluding ortho intramolecular Hbond substituents is 1. The Balaban J connectivity index is 1.66. The van der Waals surface area contributed by atoms with Crippen molar-refractivity contribution in [3.63, 3.8) is 0 Å². The molecule has 1 heterocycles. The summed E-state index contributed by atoms with van der Waals surface area (Å²) in [5.41, 5.74) is 3.30. The average Bonchev–Trinajstić information content (AvgIpc) is 2.83. The number of fused-ring (bicyclic) bond motifs is 1. The van der Waals surface area contributed by atoms with Crippen molar-refractivity contribution >= 4 is 28.2 Å². The molecule has 0 radical (unpaired) electrons. The van der Waals surface area contributed by atoms with Gasteiger partial charge >= 0.3 is 5.97 Å². The number of ether oxygens (including phenoxy) is 1. The molecule has 0 aliphatic carbocycles. The zero-order valence-electron chi connectivity index (χ0n) is 17.8. The Morgan fingerprint density at radius 1 is 1.09 bits per heavy atom. The molecular formula is C25H21N3O5. The molecule has 0 aliphatic heterocycles. The highest BCUT2D eigenvalue weighted by Gasteiger charge is 2.17. The number of hydrogen-bond acceptors (Lipinski definition) is 7. The molecule has 0 unspecified atom stereocenters. The van der Waals surface area contributed by atoms with E-state index >= 15 is 0 Å². The monoisotopic (exact) mass is 443 g/mol. The third-order valence-electron chi connectivity index (χ3n) is 5.22. The van der Waals surface area contributed by atoms with Crippen molar-refractivity contribution in [3.05, 3.63) is 94.2 Å². The maximum atomic E-state index is 11.8. The Labute approximate surface area is 189 Å². The first-order valence-electron chi connectivity index (χ1n) is 10.3. The summed E-state index contributed by atoms with van der Waals surface area (Å²) < 4.78 is 4.99. The minimum Gasteiger partial charge on any atom is -0.505 e. The molecule has 166 valence electrons. The zero-order chi connectivity index (χ0) is 23.4. The maximum Gasteiger partial charge on any atom is 0.338 e. The van der Waals surface area contributed by atoms with Gasteiger partial charge in [-0.25, -0.2) is 4.79 Å². The summed E-state index contributed by atoms with van der Waals surface area (Å²) in [4.78, 5) is 27.0. The molecule has 0 atom stereocenters. The van der Waals surface area contributed by atoms with Gasteiger partial charge in [0.1, 0.15) is 11.3 Å². The second kappa shape index (κ2) is 9.35. The molecule has 0 saturated carbocycles. The topological polar surface area (TPSA) is 115 Å². The number of rotatable bonds is 7. The molecule has 8 nitrogen and oxygen atoms in total. The van der Waals surface area contributed by atoms with Crippen molar-refractivity contribution in [1.29, 1.82) is 0 Å². The first kappa shape index (κ1) is 21.8. The number of pyridine rings is 1. The van der Waals surface area contributed by atoms with Gasteiger partial charge in [0, 0.05) is 41.5 Å². The number of benzene rings is 3.